The van der Waals surface area contributed by atoms with E-state index in [1.54, 1.807) is 11.3 Å². The Morgan fingerprint density at radius 1 is 1.29 bits per heavy atom. The number of thiophene rings is 1. The first-order chi connectivity index (χ1) is 16.3. The lowest BCUT2D eigenvalue weighted by Gasteiger charge is -2.30. The number of rotatable bonds is 8. The van der Waals surface area contributed by atoms with Crippen LogP contribution in [0.5, 0.6) is 0 Å². The number of amides is 1. The van der Waals surface area contributed by atoms with Crippen LogP contribution in [-0.4, -0.2) is 39.1 Å². The number of thioether (sulfide) groups is 1. The lowest BCUT2D eigenvalue weighted by molar-refractivity contribution is -0.120. The van der Waals surface area contributed by atoms with E-state index in [-0.39, 0.29) is 16.7 Å². The zero-order valence-corrected chi connectivity index (χ0v) is 22.1. The third kappa shape index (κ3) is 6.09. The van der Waals surface area contributed by atoms with Crippen LogP contribution in [0.15, 0.2) is 29.1 Å². The first kappa shape index (κ1) is 24.9. The fraction of sp³-hybridized carbons (Fsp3) is 0.500. The van der Waals surface area contributed by atoms with Crippen LogP contribution in [0.3, 0.4) is 0 Å². The van der Waals surface area contributed by atoms with E-state index >= 15 is 0 Å². The second-order valence-electron chi connectivity index (χ2n) is 9.45. The molecule has 3 heterocycles. The summed E-state index contributed by atoms with van der Waals surface area (Å²) in [5, 5.41) is 3.47. The van der Waals surface area contributed by atoms with Gasteiger partial charge in [0.1, 0.15) is 10.7 Å². The quantitative estimate of drug-likeness (QED) is 0.468. The molecule has 182 valence electrons. The van der Waals surface area contributed by atoms with Gasteiger partial charge in [0.15, 0.2) is 0 Å². The van der Waals surface area contributed by atoms with E-state index < -0.39 is 0 Å². The Labute approximate surface area is 209 Å². The molecule has 0 aliphatic carbocycles. The predicted octanol–water partition coefficient (Wildman–Crippen LogP) is 4.77. The number of hydrogen-bond acceptors (Lipinski definition) is 6. The van der Waals surface area contributed by atoms with E-state index in [4.69, 9.17) is 0 Å². The molecule has 2 atom stereocenters. The number of nitrogens with one attached hydrogen (secondary N) is 2. The molecule has 1 fully saturated rings. The minimum Gasteiger partial charge on any atom is -0.351 e. The Bertz CT molecular complexity index is 1200. The molecule has 34 heavy (non-hydrogen) atoms. The van der Waals surface area contributed by atoms with Crippen LogP contribution in [0.4, 0.5) is 0 Å². The van der Waals surface area contributed by atoms with Crippen molar-refractivity contribution in [1.29, 1.82) is 0 Å². The molecule has 1 aliphatic rings. The van der Waals surface area contributed by atoms with Crippen LogP contribution in [-0.2, 0) is 23.6 Å². The normalized spacial score (nSPS) is 17.7. The highest BCUT2D eigenvalue weighted by Gasteiger charge is 2.17. The first-order valence-corrected chi connectivity index (χ1v) is 13.8. The number of piperidine rings is 1. The second-order valence-corrected chi connectivity index (χ2v) is 12.0. The zero-order valence-electron chi connectivity index (χ0n) is 20.4. The number of H-pyrrole nitrogens is 1. The summed E-state index contributed by atoms with van der Waals surface area (Å²) in [6, 6.07) is 8.56. The number of aryl methyl sites for hydroxylation is 2. The molecular formula is C26H34N4O2S2. The molecule has 8 heteroatoms. The molecule has 4 rings (SSSR count). The molecule has 0 spiro atoms. The van der Waals surface area contributed by atoms with Crippen molar-refractivity contribution in [3.8, 4) is 0 Å². The van der Waals surface area contributed by atoms with Gasteiger partial charge in [0.25, 0.3) is 5.56 Å². The predicted molar refractivity (Wildman–Crippen MR) is 142 cm³/mol. The molecule has 3 aromatic rings. The van der Waals surface area contributed by atoms with E-state index in [0.717, 1.165) is 33.3 Å². The average molecular weight is 499 g/mol. The van der Waals surface area contributed by atoms with Gasteiger partial charge in [0.05, 0.1) is 16.4 Å². The van der Waals surface area contributed by atoms with Gasteiger partial charge in [-0.3, -0.25) is 14.5 Å². The SMILES string of the molecule is Cc1sc2nc(CS[C@@H](C)C(=O)NCc3ccc(CN4CCC[C@H](C)C4)cc3)[nH]c(=O)c2c1C. The molecule has 0 unspecified atom stereocenters. The van der Waals surface area contributed by atoms with E-state index in [2.05, 4.69) is 51.4 Å². The highest BCUT2D eigenvalue weighted by atomic mass is 32.2. The summed E-state index contributed by atoms with van der Waals surface area (Å²) in [6.07, 6.45) is 2.62. The van der Waals surface area contributed by atoms with E-state index in [0.29, 0.717) is 23.5 Å². The highest BCUT2D eigenvalue weighted by molar-refractivity contribution is 7.99. The fourth-order valence-electron chi connectivity index (χ4n) is 4.43. The van der Waals surface area contributed by atoms with E-state index in [1.165, 1.54) is 43.3 Å². The van der Waals surface area contributed by atoms with Gasteiger partial charge in [-0.05, 0) is 62.8 Å². The smallest absolute Gasteiger partial charge is 0.259 e. The van der Waals surface area contributed by atoms with E-state index in [9.17, 15) is 9.59 Å². The maximum Gasteiger partial charge on any atom is 0.259 e. The third-order valence-corrected chi connectivity index (χ3v) is 8.82. The van der Waals surface area contributed by atoms with Gasteiger partial charge in [0.2, 0.25) is 5.91 Å². The molecule has 1 saturated heterocycles. The van der Waals surface area contributed by atoms with Gasteiger partial charge >= 0.3 is 0 Å². The first-order valence-electron chi connectivity index (χ1n) is 12.0. The van der Waals surface area contributed by atoms with Crippen molar-refractivity contribution < 1.29 is 4.79 Å². The second kappa shape index (κ2) is 11.1. The minimum absolute atomic E-state index is 0.0115. The van der Waals surface area contributed by atoms with Crippen LogP contribution < -0.4 is 10.9 Å². The number of carbonyl (C=O) groups is 1. The lowest BCUT2D eigenvalue weighted by Crippen LogP contribution is -2.33. The van der Waals surface area contributed by atoms with Gasteiger partial charge in [-0.15, -0.1) is 23.1 Å². The van der Waals surface area contributed by atoms with Gasteiger partial charge in [-0.2, -0.15) is 0 Å². The average Bonchev–Trinajstić information content (AvgIpc) is 3.10. The molecule has 0 bridgehead atoms. The molecule has 1 aromatic carbocycles. The highest BCUT2D eigenvalue weighted by Crippen LogP contribution is 2.26. The molecule has 1 aliphatic heterocycles. The Balaban J connectivity index is 1.25. The van der Waals surface area contributed by atoms with Gasteiger partial charge < -0.3 is 10.3 Å². The number of nitrogens with zero attached hydrogens (tertiary/aromatic N) is 2. The molecule has 0 radical (unpaired) electrons. The van der Waals surface area contributed by atoms with Crippen LogP contribution >= 0.6 is 23.1 Å². The Hall–Kier alpha value is -2.16. The number of carbonyl (C=O) groups excluding carboxylic acids is 1. The topological polar surface area (TPSA) is 78.1 Å². The standard InChI is InChI=1S/C26H34N4O2S2/c1-16-6-5-11-30(13-16)14-21-9-7-20(8-10-21)12-27-24(31)19(4)33-15-22-28-25(32)23-17(2)18(3)34-26(23)29-22/h7-10,16,19H,5-6,11-15H2,1-4H3,(H,27,31)(H,28,29,32)/t16-,19-/m0/s1. The van der Waals surface area contributed by atoms with Crippen molar-refractivity contribution >= 4 is 39.2 Å². The van der Waals surface area contributed by atoms with Crippen LogP contribution in [0.25, 0.3) is 10.2 Å². The lowest BCUT2D eigenvalue weighted by atomic mass is 9.99. The van der Waals surface area contributed by atoms with Gasteiger partial charge in [-0.25, -0.2) is 4.98 Å². The number of benzene rings is 1. The maximum atomic E-state index is 12.6. The molecule has 2 N–H and O–H groups in total. The van der Waals surface area contributed by atoms with Crippen LogP contribution in [0, 0.1) is 19.8 Å². The number of likely N-dealkylation sites (tertiary alicyclic amines) is 1. The molecule has 6 nitrogen and oxygen atoms in total. The minimum atomic E-state index is -0.242. The number of fused-ring (bicyclic) bond motifs is 1. The van der Waals surface area contributed by atoms with Crippen LogP contribution in [0.2, 0.25) is 0 Å². The molecule has 2 aromatic heterocycles. The number of aromatic amines is 1. The summed E-state index contributed by atoms with van der Waals surface area (Å²) in [6.45, 7) is 12.0. The van der Waals surface area contributed by atoms with Crippen molar-refractivity contribution in [2.45, 2.75) is 64.6 Å². The monoisotopic (exact) mass is 498 g/mol. The molecule has 0 saturated carbocycles. The summed E-state index contributed by atoms with van der Waals surface area (Å²) in [5.74, 6) is 1.87. The summed E-state index contributed by atoms with van der Waals surface area (Å²) in [5.41, 5.74) is 3.32. The van der Waals surface area contributed by atoms with Gasteiger partial charge in [0, 0.05) is 24.5 Å². The number of aromatic nitrogens is 2. The summed E-state index contributed by atoms with van der Waals surface area (Å²) >= 11 is 3.02. The maximum absolute atomic E-state index is 12.6. The molecule has 1 amide bonds. The summed E-state index contributed by atoms with van der Waals surface area (Å²) in [7, 11) is 0. The van der Waals surface area contributed by atoms with Gasteiger partial charge in [-0.1, -0.05) is 31.2 Å². The largest absolute Gasteiger partial charge is 0.351 e. The Kier molecular flexibility index (Phi) is 8.11. The zero-order chi connectivity index (χ0) is 24.2. The van der Waals surface area contributed by atoms with Crippen molar-refractivity contribution in [1.82, 2.24) is 20.2 Å². The van der Waals surface area contributed by atoms with Crippen molar-refractivity contribution in [2.75, 3.05) is 13.1 Å². The number of hydrogen-bond donors (Lipinski definition) is 2. The summed E-state index contributed by atoms with van der Waals surface area (Å²) < 4.78 is 0. The van der Waals surface area contributed by atoms with E-state index in [1.807, 2.05) is 20.8 Å². The Morgan fingerprint density at radius 2 is 2.03 bits per heavy atom. The van der Waals surface area contributed by atoms with Crippen molar-refractivity contribution in [2.24, 2.45) is 5.92 Å². The van der Waals surface area contributed by atoms with Crippen molar-refractivity contribution in [3.63, 3.8) is 0 Å². The Morgan fingerprint density at radius 3 is 2.76 bits per heavy atom. The summed E-state index contributed by atoms with van der Waals surface area (Å²) in [4.78, 5) is 36.9. The molecular weight excluding hydrogens is 464 g/mol. The fourth-order valence-corrected chi connectivity index (χ4v) is 6.26. The van der Waals surface area contributed by atoms with Crippen LogP contribution in [0.1, 0.15) is 54.1 Å². The third-order valence-electron chi connectivity index (χ3n) is 6.56. The van der Waals surface area contributed by atoms with Crippen molar-refractivity contribution in [3.05, 3.63) is 62.0 Å².